The third-order valence-electron chi connectivity index (χ3n) is 6.65. The van der Waals surface area contributed by atoms with Crippen LogP contribution >= 0.6 is 0 Å². The van der Waals surface area contributed by atoms with Crippen molar-refractivity contribution in [2.45, 2.75) is 45.1 Å². The zero-order chi connectivity index (χ0) is 22.4. The van der Waals surface area contributed by atoms with Crippen molar-refractivity contribution in [3.8, 4) is 17.3 Å². The predicted octanol–water partition coefficient (Wildman–Crippen LogP) is 3.41. The van der Waals surface area contributed by atoms with Crippen LogP contribution in [0.4, 0.5) is 0 Å². The summed E-state index contributed by atoms with van der Waals surface area (Å²) in [4.78, 5) is 12.9. The Bertz CT molecular complexity index is 1320. The Morgan fingerprint density at radius 2 is 1.88 bits per heavy atom. The molecule has 1 aliphatic rings. The lowest BCUT2D eigenvalue weighted by atomic mass is 9.82. The van der Waals surface area contributed by atoms with Gasteiger partial charge in [0.25, 0.3) is 5.89 Å². The van der Waals surface area contributed by atoms with Gasteiger partial charge in [-0.2, -0.15) is 5.10 Å². The van der Waals surface area contributed by atoms with Crippen molar-refractivity contribution in [1.29, 1.82) is 0 Å². The number of hydrogen-bond donors (Lipinski definition) is 0. The molecule has 0 saturated heterocycles. The van der Waals surface area contributed by atoms with Crippen molar-refractivity contribution in [3.63, 3.8) is 0 Å². The first-order valence-corrected chi connectivity index (χ1v) is 11.0. The van der Waals surface area contributed by atoms with Gasteiger partial charge in [0.2, 0.25) is 5.89 Å². The van der Waals surface area contributed by atoms with Gasteiger partial charge in [0.15, 0.2) is 0 Å². The number of hydrogen-bond acceptors (Lipinski definition) is 6. The third kappa shape index (κ3) is 3.51. The van der Waals surface area contributed by atoms with Gasteiger partial charge in [-0.05, 0) is 56.7 Å². The number of methoxy groups -OCH3 is 1. The minimum Gasteiger partial charge on any atom is -0.497 e. The summed E-state index contributed by atoms with van der Waals surface area (Å²) in [6.45, 7) is 2.65. The van der Waals surface area contributed by atoms with E-state index in [-0.39, 0.29) is 11.6 Å². The zero-order valence-electron chi connectivity index (χ0n) is 18.9. The summed E-state index contributed by atoms with van der Waals surface area (Å²) >= 11 is 0. The monoisotopic (exact) mass is 436 g/mol. The van der Waals surface area contributed by atoms with Crippen LogP contribution in [0.5, 0.6) is 5.75 Å². The summed E-state index contributed by atoms with van der Waals surface area (Å²) in [6.07, 6.45) is 3.97. The Hall–Kier alpha value is -3.36. The number of imidazole rings is 1. The fourth-order valence-electron chi connectivity index (χ4n) is 4.86. The molecule has 0 amide bonds. The smallest absolute Gasteiger partial charge is 0.328 e. The molecule has 0 bridgehead atoms. The first-order chi connectivity index (χ1) is 15.4. The van der Waals surface area contributed by atoms with Gasteiger partial charge in [0.05, 0.1) is 23.8 Å². The average Bonchev–Trinajstić information content (AvgIpc) is 3.47. The third-order valence-corrected chi connectivity index (χ3v) is 6.65. The molecule has 1 aliphatic carbocycles. The number of ether oxygens (including phenoxy) is 1. The van der Waals surface area contributed by atoms with Crippen molar-refractivity contribution in [2.75, 3.05) is 7.11 Å². The lowest BCUT2D eigenvalue weighted by Crippen LogP contribution is -2.27. The van der Waals surface area contributed by atoms with Crippen molar-refractivity contribution in [1.82, 2.24) is 29.1 Å². The number of fused-ring (bicyclic) bond motifs is 1. The van der Waals surface area contributed by atoms with Crippen molar-refractivity contribution >= 4 is 11.0 Å². The summed E-state index contributed by atoms with van der Waals surface area (Å²) in [5, 5.41) is 12.9. The van der Waals surface area contributed by atoms with E-state index in [0.717, 1.165) is 53.9 Å². The second-order valence-electron chi connectivity index (χ2n) is 8.76. The molecular formula is C23H28N6O3. The highest BCUT2D eigenvalue weighted by Gasteiger charge is 2.28. The summed E-state index contributed by atoms with van der Waals surface area (Å²) in [5.41, 5.74) is 3.62. The van der Waals surface area contributed by atoms with Crippen LogP contribution in [-0.2, 0) is 20.6 Å². The minimum absolute atomic E-state index is 0.0170. The molecule has 32 heavy (non-hydrogen) atoms. The maximum atomic E-state index is 12.9. The van der Waals surface area contributed by atoms with Crippen LogP contribution < -0.4 is 10.4 Å². The fourth-order valence-corrected chi connectivity index (χ4v) is 4.86. The van der Waals surface area contributed by atoms with Gasteiger partial charge in [0, 0.05) is 32.6 Å². The molecule has 5 rings (SSSR count). The Labute approximate surface area is 185 Å². The Balaban J connectivity index is 1.29. The van der Waals surface area contributed by atoms with Crippen LogP contribution in [0.15, 0.2) is 33.5 Å². The van der Waals surface area contributed by atoms with Crippen LogP contribution in [-0.4, -0.2) is 36.2 Å². The van der Waals surface area contributed by atoms with Crippen molar-refractivity contribution in [2.24, 2.45) is 20.0 Å². The number of rotatable bonds is 5. The van der Waals surface area contributed by atoms with Gasteiger partial charge in [-0.25, -0.2) is 4.79 Å². The first-order valence-electron chi connectivity index (χ1n) is 11.0. The molecule has 0 unspecified atom stereocenters. The summed E-state index contributed by atoms with van der Waals surface area (Å²) in [6, 6.07) is 7.73. The molecule has 3 heterocycles. The standard InChI is InChI=1S/C23H28N6O3/c1-14-11-20(28(3)26-14)22-25-24-21(32-22)16-7-5-15(6-8-16)13-29-19-12-17(31-4)9-10-18(19)27(2)23(29)30/h9-12,15-16H,5-8,13H2,1-4H3/t15-,16-. The highest BCUT2D eigenvalue weighted by Crippen LogP contribution is 2.37. The summed E-state index contributed by atoms with van der Waals surface area (Å²) in [7, 11) is 5.34. The van der Waals surface area contributed by atoms with Crippen LogP contribution in [0, 0.1) is 12.8 Å². The molecule has 1 aromatic carbocycles. The topological polar surface area (TPSA) is 92.9 Å². The summed E-state index contributed by atoms with van der Waals surface area (Å²) < 4.78 is 16.7. The Morgan fingerprint density at radius 1 is 1.09 bits per heavy atom. The second-order valence-corrected chi connectivity index (χ2v) is 8.76. The Morgan fingerprint density at radius 3 is 2.56 bits per heavy atom. The number of benzene rings is 1. The van der Waals surface area contributed by atoms with Crippen LogP contribution in [0.3, 0.4) is 0 Å². The maximum Gasteiger partial charge on any atom is 0.328 e. The molecule has 0 radical (unpaired) electrons. The maximum absolute atomic E-state index is 12.9. The van der Waals surface area contributed by atoms with Crippen LogP contribution in [0.25, 0.3) is 22.6 Å². The van der Waals surface area contributed by atoms with Gasteiger partial charge in [-0.15, -0.1) is 10.2 Å². The molecule has 1 saturated carbocycles. The largest absolute Gasteiger partial charge is 0.497 e. The first kappa shape index (κ1) is 20.5. The molecule has 0 N–H and O–H groups in total. The molecule has 0 aliphatic heterocycles. The van der Waals surface area contributed by atoms with E-state index in [1.54, 1.807) is 16.4 Å². The van der Waals surface area contributed by atoms with E-state index >= 15 is 0 Å². The van der Waals surface area contributed by atoms with E-state index in [4.69, 9.17) is 9.15 Å². The fraction of sp³-hybridized carbons (Fsp3) is 0.478. The molecule has 3 aromatic heterocycles. The molecule has 4 aromatic rings. The molecule has 9 heteroatoms. The van der Waals surface area contributed by atoms with E-state index in [2.05, 4.69) is 15.3 Å². The lowest BCUT2D eigenvalue weighted by molar-refractivity contribution is 0.270. The van der Waals surface area contributed by atoms with Crippen molar-refractivity contribution < 1.29 is 9.15 Å². The van der Waals surface area contributed by atoms with Gasteiger partial charge < -0.3 is 9.15 Å². The highest BCUT2D eigenvalue weighted by molar-refractivity contribution is 5.77. The Kier molecular flexibility index (Phi) is 5.11. The average molecular weight is 437 g/mol. The highest BCUT2D eigenvalue weighted by atomic mass is 16.5. The van der Waals surface area contributed by atoms with E-state index in [1.165, 1.54) is 0 Å². The van der Waals surface area contributed by atoms with Crippen molar-refractivity contribution in [3.05, 3.63) is 46.3 Å². The molecule has 168 valence electrons. The molecule has 0 atom stereocenters. The second kappa shape index (κ2) is 7.96. The predicted molar refractivity (Wildman–Crippen MR) is 120 cm³/mol. The minimum atomic E-state index is 0.0170. The molecule has 0 spiro atoms. The molecular weight excluding hydrogens is 408 g/mol. The normalized spacial score (nSPS) is 19.0. The van der Waals surface area contributed by atoms with Crippen LogP contribution in [0.2, 0.25) is 0 Å². The number of aryl methyl sites for hydroxylation is 3. The quantitative estimate of drug-likeness (QED) is 0.476. The van der Waals surface area contributed by atoms with Gasteiger partial charge in [0.1, 0.15) is 11.4 Å². The number of nitrogens with zero attached hydrogens (tertiary/aromatic N) is 6. The van der Waals surface area contributed by atoms with E-state index in [0.29, 0.717) is 24.2 Å². The zero-order valence-corrected chi connectivity index (χ0v) is 18.9. The van der Waals surface area contributed by atoms with E-state index < -0.39 is 0 Å². The van der Waals surface area contributed by atoms with Gasteiger partial charge in [-0.3, -0.25) is 13.8 Å². The van der Waals surface area contributed by atoms with Crippen LogP contribution in [0.1, 0.15) is 43.2 Å². The number of aromatic nitrogens is 6. The van der Waals surface area contributed by atoms with E-state index in [9.17, 15) is 4.79 Å². The summed E-state index contributed by atoms with van der Waals surface area (Å²) in [5.74, 6) is 2.66. The molecule has 9 nitrogen and oxygen atoms in total. The van der Waals surface area contributed by atoms with Gasteiger partial charge >= 0.3 is 5.69 Å². The van der Waals surface area contributed by atoms with E-state index in [1.807, 2.05) is 49.9 Å². The van der Waals surface area contributed by atoms with Gasteiger partial charge in [-0.1, -0.05) is 0 Å². The lowest BCUT2D eigenvalue weighted by Gasteiger charge is -2.26. The molecule has 1 fully saturated rings. The SMILES string of the molecule is COc1ccc2c(c1)n(C[C@H]1CC[C@H](c3nnc(-c4cc(C)nn4C)o3)CC1)c(=O)n2C.